The van der Waals surface area contributed by atoms with Crippen molar-refractivity contribution in [1.29, 1.82) is 5.26 Å². The number of nitrogens with zero attached hydrogens (tertiary/aromatic N) is 3. The molecule has 100 valence electrons. The third-order valence-corrected chi connectivity index (χ3v) is 3.52. The van der Waals surface area contributed by atoms with Gasteiger partial charge in [0.2, 0.25) is 0 Å². The molecular formula is C14H10BrN3O2. The fourth-order valence-electron chi connectivity index (χ4n) is 1.87. The molecule has 0 radical (unpaired) electrons. The Balaban J connectivity index is 2.46. The van der Waals surface area contributed by atoms with Crippen LogP contribution in [0.1, 0.15) is 5.56 Å². The Labute approximate surface area is 124 Å². The first kappa shape index (κ1) is 14.0. The van der Waals surface area contributed by atoms with Gasteiger partial charge in [0.15, 0.2) is 0 Å². The van der Waals surface area contributed by atoms with Crippen LogP contribution in [0.25, 0.3) is 0 Å². The van der Waals surface area contributed by atoms with Gasteiger partial charge in [0.25, 0.3) is 5.69 Å². The first-order chi connectivity index (χ1) is 9.54. The van der Waals surface area contributed by atoms with Gasteiger partial charge in [0, 0.05) is 23.7 Å². The Morgan fingerprint density at radius 2 is 1.95 bits per heavy atom. The number of halogens is 1. The maximum atomic E-state index is 10.7. The zero-order chi connectivity index (χ0) is 14.7. The van der Waals surface area contributed by atoms with E-state index < -0.39 is 4.92 Å². The van der Waals surface area contributed by atoms with E-state index in [-0.39, 0.29) is 5.69 Å². The van der Waals surface area contributed by atoms with Crippen molar-refractivity contribution in [2.75, 3.05) is 11.9 Å². The van der Waals surface area contributed by atoms with Crippen LogP contribution >= 0.6 is 15.9 Å². The monoisotopic (exact) mass is 331 g/mol. The summed E-state index contributed by atoms with van der Waals surface area (Å²) >= 11 is 3.33. The number of para-hydroxylation sites is 1. The molecule has 2 aromatic rings. The van der Waals surface area contributed by atoms with Crippen molar-refractivity contribution in [2.24, 2.45) is 0 Å². The largest absolute Gasteiger partial charge is 0.343 e. The Bertz CT molecular complexity index is 710. The molecule has 0 bridgehead atoms. The van der Waals surface area contributed by atoms with Crippen molar-refractivity contribution in [2.45, 2.75) is 0 Å². The highest BCUT2D eigenvalue weighted by Gasteiger charge is 2.14. The molecule has 6 heteroatoms. The van der Waals surface area contributed by atoms with Gasteiger partial charge in [-0.15, -0.1) is 0 Å². The maximum absolute atomic E-state index is 10.7. The molecule has 0 fully saturated rings. The molecule has 2 aromatic carbocycles. The maximum Gasteiger partial charge on any atom is 0.270 e. The average Bonchev–Trinajstić information content (AvgIpc) is 2.46. The third kappa shape index (κ3) is 2.63. The predicted octanol–water partition coefficient (Wildman–Crippen LogP) is 4.00. The van der Waals surface area contributed by atoms with Gasteiger partial charge in [-0.3, -0.25) is 10.1 Å². The number of non-ortho nitro benzene ring substituents is 1. The van der Waals surface area contributed by atoms with Crippen LogP contribution in [-0.2, 0) is 0 Å². The molecule has 5 nitrogen and oxygen atoms in total. The van der Waals surface area contributed by atoms with Crippen molar-refractivity contribution >= 4 is 33.0 Å². The summed E-state index contributed by atoms with van der Waals surface area (Å²) < 4.78 is 0.599. The Morgan fingerprint density at radius 1 is 1.25 bits per heavy atom. The summed E-state index contributed by atoms with van der Waals surface area (Å²) in [5.74, 6) is 0. The van der Waals surface area contributed by atoms with E-state index in [9.17, 15) is 10.1 Å². The van der Waals surface area contributed by atoms with Crippen LogP contribution in [0.5, 0.6) is 0 Å². The summed E-state index contributed by atoms with van der Waals surface area (Å²) in [6.45, 7) is 0. The van der Waals surface area contributed by atoms with Crippen LogP contribution in [0.2, 0.25) is 0 Å². The van der Waals surface area contributed by atoms with Gasteiger partial charge in [-0.25, -0.2) is 0 Å². The molecule has 0 aromatic heterocycles. The summed E-state index contributed by atoms with van der Waals surface area (Å²) in [6.07, 6.45) is 0. The molecule has 0 saturated carbocycles. The number of hydrogen-bond acceptors (Lipinski definition) is 4. The van der Waals surface area contributed by atoms with Crippen molar-refractivity contribution in [1.82, 2.24) is 0 Å². The molecule has 0 atom stereocenters. The van der Waals surface area contributed by atoms with Crippen LogP contribution in [0.3, 0.4) is 0 Å². The molecule has 0 saturated heterocycles. The van der Waals surface area contributed by atoms with Crippen LogP contribution < -0.4 is 4.90 Å². The van der Waals surface area contributed by atoms with E-state index in [1.807, 2.05) is 24.1 Å². The standard InChI is InChI=1S/C14H10BrN3O2/c1-17(13-5-3-2-4-10(13)9-16)14-7-6-11(18(19)20)8-12(14)15/h2-8H,1H3. The first-order valence-electron chi connectivity index (χ1n) is 5.71. The molecule has 2 rings (SSSR count). The Hall–Kier alpha value is -2.39. The normalized spacial score (nSPS) is 9.85. The van der Waals surface area contributed by atoms with Gasteiger partial charge < -0.3 is 4.90 Å². The number of rotatable bonds is 3. The lowest BCUT2D eigenvalue weighted by atomic mass is 10.1. The van der Waals surface area contributed by atoms with E-state index >= 15 is 0 Å². The molecular weight excluding hydrogens is 322 g/mol. The molecule has 0 amide bonds. The van der Waals surface area contributed by atoms with Crippen LogP contribution in [-0.4, -0.2) is 12.0 Å². The highest BCUT2D eigenvalue weighted by Crippen LogP contribution is 2.34. The van der Waals surface area contributed by atoms with Gasteiger partial charge >= 0.3 is 0 Å². The quantitative estimate of drug-likeness (QED) is 0.629. The molecule has 0 spiro atoms. The van der Waals surface area contributed by atoms with E-state index in [1.54, 1.807) is 18.2 Å². The van der Waals surface area contributed by atoms with Gasteiger partial charge in [-0.05, 0) is 34.1 Å². The fourth-order valence-corrected chi connectivity index (χ4v) is 2.50. The number of benzene rings is 2. The van der Waals surface area contributed by atoms with E-state index in [0.29, 0.717) is 10.0 Å². The minimum absolute atomic E-state index is 0.0163. The number of nitro groups is 1. The zero-order valence-electron chi connectivity index (χ0n) is 10.6. The van der Waals surface area contributed by atoms with Gasteiger partial charge in [0.05, 0.1) is 21.9 Å². The van der Waals surface area contributed by atoms with Crippen molar-refractivity contribution in [3.05, 3.63) is 62.6 Å². The molecule has 0 aliphatic carbocycles. The summed E-state index contributed by atoms with van der Waals surface area (Å²) in [6, 6.07) is 13.8. The molecule has 0 N–H and O–H groups in total. The minimum Gasteiger partial charge on any atom is -0.343 e. The highest BCUT2D eigenvalue weighted by atomic mass is 79.9. The zero-order valence-corrected chi connectivity index (χ0v) is 12.2. The molecule has 20 heavy (non-hydrogen) atoms. The summed E-state index contributed by atoms with van der Waals surface area (Å²) in [5.41, 5.74) is 2.05. The van der Waals surface area contributed by atoms with Gasteiger partial charge in [-0.2, -0.15) is 5.26 Å². The minimum atomic E-state index is -0.447. The summed E-state index contributed by atoms with van der Waals surface area (Å²) in [7, 11) is 1.81. The SMILES string of the molecule is CN(c1ccc([N+](=O)[O-])cc1Br)c1ccccc1C#N. The smallest absolute Gasteiger partial charge is 0.270 e. The number of nitriles is 1. The number of anilines is 2. The average molecular weight is 332 g/mol. The third-order valence-electron chi connectivity index (χ3n) is 2.89. The second kappa shape index (κ2) is 5.72. The number of nitro benzene ring substituents is 1. The lowest BCUT2D eigenvalue weighted by molar-refractivity contribution is -0.384. The van der Waals surface area contributed by atoms with Gasteiger partial charge in [-0.1, -0.05) is 12.1 Å². The summed E-state index contributed by atoms with van der Waals surface area (Å²) in [4.78, 5) is 12.1. The Kier molecular flexibility index (Phi) is 4.01. The lowest BCUT2D eigenvalue weighted by Crippen LogP contribution is -2.11. The second-order valence-corrected chi connectivity index (χ2v) is 4.94. The molecule has 0 heterocycles. The van der Waals surface area contributed by atoms with Crippen molar-refractivity contribution in [3.8, 4) is 6.07 Å². The van der Waals surface area contributed by atoms with Crippen LogP contribution in [0.15, 0.2) is 46.9 Å². The van der Waals surface area contributed by atoms with Gasteiger partial charge in [0.1, 0.15) is 6.07 Å². The Morgan fingerprint density at radius 3 is 2.55 bits per heavy atom. The lowest BCUT2D eigenvalue weighted by Gasteiger charge is -2.21. The van der Waals surface area contributed by atoms with Crippen molar-refractivity contribution in [3.63, 3.8) is 0 Å². The van der Waals surface area contributed by atoms with E-state index in [1.165, 1.54) is 12.1 Å². The highest BCUT2D eigenvalue weighted by molar-refractivity contribution is 9.10. The van der Waals surface area contributed by atoms with Crippen LogP contribution in [0.4, 0.5) is 17.1 Å². The molecule has 0 aliphatic rings. The van der Waals surface area contributed by atoms with Crippen LogP contribution in [0, 0.1) is 21.4 Å². The topological polar surface area (TPSA) is 70.2 Å². The molecule has 0 unspecified atom stereocenters. The summed E-state index contributed by atoms with van der Waals surface area (Å²) in [5, 5.41) is 19.9. The predicted molar refractivity (Wildman–Crippen MR) is 80.0 cm³/mol. The first-order valence-corrected chi connectivity index (χ1v) is 6.50. The van der Waals surface area contributed by atoms with Crippen molar-refractivity contribution < 1.29 is 4.92 Å². The van der Waals surface area contributed by atoms with E-state index in [0.717, 1.165) is 11.4 Å². The number of hydrogen-bond donors (Lipinski definition) is 0. The molecule has 0 aliphatic heterocycles. The van der Waals surface area contributed by atoms with E-state index in [4.69, 9.17) is 5.26 Å². The van der Waals surface area contributed by atoms with E-state index in [2.05, 4.69) is 22.0 Å². The fraction of sp³-hybridized carbons (Fsp3) is 0.0714. The second-order valence-electron chi connectivity index (χ2n) is 4.08.